The van der Waals surface area contributed by atoms with Crippen LogP contribution in [0.15, 0.2) is 18.2 Å². The molecule has 2 rings (SSSR count). The number of hydrogen-bond acceptors (Lipinski definition) is 4. The van der Waals surface area contributed by atoms with Gasteiger partial charge in [0.05, 0.1) is 20.6 Å². The van der Waals surface area contributed by atoms with Crippen LogP contribution in [0.4, 0.5) is 5.69 Å². The molecular formula is C14H20N3O4+. The van der Waals surface area contributed by atoms with Crippen molar-refractivity contribution in [3.63, 3.8) is 0 Å². The third-order valence-electron chi connectivity index (χ3n) is 2.98. The van der Waals surface area contributed by atoms with Crippen molar-refractivity contribution in [3.8, 4) is 11.5 Å². The highest BCUT2D eigenvalue weighted by Gasteiger charge is 2.17. The second-order valence-electron chi connectivity index (χ2n) is 5.09. The molecule has 0 saturated heterocycles. The van der Waals surface area contributed by atoms with Crippen LogP contribution in [0.25, 0.3) is 0 Å². The fourth-order valence-corrected chi connectivity index (χ4v) is 1.89. The van der Waals surface area contributed by atoms with Crippen molar-refractivity contribution in [3.05, 3.63) is 18.2 Å². The van der Waals surface area contributed by atoms with Gasteiger partial charge in [0.1, 0.15) is 0 Å². The Hall–Kier alpha value is -2.28. The van der Waals surface area contributed by atoms with Gasteiger partial charge in [-0.15, -0.1) is 0 Å². The molecule has 0 unspecified atom stereocenters. The third kappa shape index (κ3) is 4.35. The molecule has 1 heterocycles. The molecule has 0 radical (unpaired) electrons. The average Bonchev–Trinajstić information content (AvgIpc) is 2.90. The van der Waals surface area contributed by atoms with Gasteiger partial charge in [-0.25, -0.2) is 0 Å². The van der Waals surface area contributed by atoms with Gasteiger partial charge in [0, 0.05) is 24.7 Å². The van der Waals surface area contributed by atoms with Crippen molar-refractivity contribution >= 4 is 17.5 Å². The van der Waals surface area contributed by atoms with E-state index in [2.05, 4.69) is 10.6 Å². The number of benzene rings is 1. The molecular weight excluding hydrogens is 274 g/mol. The molecule has 21 heavy (non-hydrogen) atoms. The zero-order chi connectivity index (χ0) is 15.2. The monoisotopic (exact) mass is 294 g/mol. The zero-order valence-corrected chi connectivity index (χ0v) is 12.2. The SMILES string of the molecule is C[NH+](C)CCCNC(=O)C(=O)Nc1ccc2c(c1)OCO2. The van der Waals surface area contributed by atoms with Gasteiger partial charge in [0.2, 0.25) is 6.79 Å². The van der Waals surface area contributed by atoms with Crippen molar-refractivity contribution in [2.45, 2.75) is 6.42 Å². The minimum atomic E-state index is -0.689. The lowest BCUT2D eigenvalue weighted by Crippen LogP contribution is -3.05. The van der Waals surface area contributed by atoms with Gasteiger partial charge in [-0.05, 0) is 12.1 Å². The van der Waals surface area contributed by atoms with Gasteiger partial charge in [-0.1, -0.05) is 0 Å². The summed E-state index contributed by atoms with van der Waals surface area (Å²) in [6, 6.07) is 4.98. The number of fused-ring (bicyclic) bond motifs is 1. The number of rotatable bonds is 5. The number of carbonyl (C=O) groups excluding carboxylic acids is 2. The highest BCUT2D eigenvalue weighted by atomic mass is 16.7. The molecule has 1 aromatic rings. The van der Waals surface area contributed by atoms with Crippen LogP contribution in [-0.2, 0) is 9.59 Å². The molecule has 1 aliphatic heterocycles. The largest absolute Gasteiger partial charge is 0.454 e. The summed E-state index contributed by atoms with van der Waals surface area (Å²) in [7, 11) is 4.07. The Labute approximate surface area is 123 Å². The quantitative estimate of drug-likeness (QED) is 0.481. The summed E-state index contributed by atoms with van der Waals surface area (Å²) in [6.45, 7) is 1.59. The number of nitrogens with one attached hydrogen (secondary N) is 3. The van der Waals surface area contributed by atoms with E-state index >= 15 is 0 Å². The van der Waals surface area contributed by atoms with Crippen LogP contribution in [-0.4, -0.2) is 45.8 Å². The molecule has 1 aliphatic rings. The lowest BCUT2D eigenvalue weighted by molar-refractivity contribution is -0.858. The van der Waals surface area contributed by atoms with E-state index in [9.17, 15) is 9.59 Å². The summed E-state index contributed by atoms with van der Waals surface area (Å²) in [5.74, 6) is -0.140. The van der Waals surface area contributed by atoms with Gasteiger partial charge in [0.25, 0.3) is 0 Å². The number of hydrogen-bond donors (Lipinski definition) is 3. The first-order valence-electron chi connectivity index (χ1n) is 6.84. The van der Waals surface area contributed by atoms with Gasteiger partial charge >= 0.3 is 11.8 Å². The fourth-order valence-electron chi connectivity index (χ4n) is 1.89. The van der Waals surface area contributed by atoms with Gasteiger partial charge in [-0.3, -0.25) is 9.59 Å². The Bertz CT molecular complexity index is 531. The molecule has 0 spiro atoms. The highest BCUT2D eigenvalue weighted by molar-refractivity contribution is 6.39. The van der Waals surface area contributed by atoms with Crippen molar-refractivity contribution in [2.24, 2.45) is 0 Å². The number of quaternary nitrogens is 1. The molecule has 7 heteroatoms. The molecule has 2 amide bonds. The van der Waals surface area contributed by atoms with E-state index in [-0.39, 0.29) is 6.79 Å². The second kappa shape index (κ2) is 6.94. The first-order chi connectivity index (χ1) is 10.1. The minimum absolute atomic E-state index is 0.168. The zero-order valence-electron chi connectivity index (χ0n) is 12.2. The first kappa shape index (κ1) is 15.1. The van der Waals surface area contributed by atoms with E-state index < -0.39 is 11.8 Å². The maximum absolute atomic E-state index is 11.7. The summed E-state index contributed by atoms with van der Waals surface area (Å²) in [5, 5.41) is 5.12. The number of anilines is 1. The van der Waals surface area contributed by atoms with Crippen molar-refractivity contribution in [2.75, 3.05) is 39.3 Å². The van der Waals surface area contributed by atoms with Crippen LogP contribution in [0.2, 0.25) is 0 Å². The summed E-state index contributed by atoms with van der Waals surface area (Å²) in [6.07, 6.45) is 0.825. The average molecular weight is 294 g/mol. The third-order valence-corrected chi connectivity index (χ3v) is 2.98. The van der Waals surface area contributed by atoms with E-state index in [1.54, 1.807) is 18.2 Å². The van der Waals surface area contributed by atoms with Crippen LogP contribution in [0.1, 0.15) is 6.42 Å². The Kier molecular flexibility index (Phi) is 4.99. The van der Waals surface area contributed by atoms with Crippen molar-refractivity contribution < 1.29 is 24.0 Å². The summed E-state index contributed by atoms with van der Waals surface area (Å²) in [5.41, 5.74) is 0.497. The topological polar surface area (TPSA) is 81.1 Å². The molecule has 114 valence electrons. The van der Waals surface area contributed by atoms with Crippen molar-refractivity contribution in [1.29, 1.82) is 0 Å². The van der Waals surface area contributed by atoms with E-state index in [1.165, 1.54) is 4.90 Å². The number of amides is 2. The van der Waals surface area contributed by atoms with Gasteiger partial charge in [0.15, 0.2) is 11.5 Å². The Morgan fingerprint density at radius 1 is 1.19 bits per heavy atom. The Morgan fingerprint density at radius 3 is 2.71 bits per heavy atom. The summed E-state index contributed by atoms with van der Waals surface area (Å²) in [4.78, 5) is 24.7. The molecule has 3 N–H and O–H groups in total. The highest BCUT2D eigenvalue weighted by Crippen LogP contribution is 2.34. The Morgan fingerprint density at radius 2 is 1.95 bits per heavy atom. The van der Waals surface area contributed by atoms with Crippen LogP contribution >= 0.6 is 0 Å². The predicted molar refractivity (Wildman–Crippen MR) is 76.5 cm³/mol. The first-order valence-corrected chi connectivity index (χ1v) is 6.84. The fraction of sp³-hybridized carbons (Fsp3) is 0.429. The Balaban J connectivity index is 1.79. The molecule has 0 aromatic heterocycles. The molecule has 7 nitrogen and oxygen atoms in total. The molecule has 0 atom stereocenters. The number of carbonyl (C=O) groups is 2. The van der Waals surface area contributed by atoms with Crippen LogP contribution < -0.4 is 25.0 Å². The van der Waals surface area contributed by atoms with Gasteiger partial charge in [-0.2, -0.15) is 0 Å². The van der Waals surface area contributed by atoms with Crippen LogP contribution in [0, 0.1) is 0 Å². The summed E-state index contributed by atoms with van der Waals surface area (Å²) >= 11 is 0. The minimum Gasteiger partial charge on any atom is -0.454 e. The molecule has 1 aromatic carbocycles. The van der Waals surface area contributed by atoms with Crippen LogP contribution in [0.5, 0.6) is 11.5 Å². The predicted octanol–water partition coefficient (Wildman–Crippen LogP) is -0.995. The van der Waals surface area contributed by atoms with E-state index in [1.807, 2.05) is 14.1 Å². The van der Waals surface area contributed by atoms with Crippen LogP contribution in [0.3, 0.4) is 0 Å². The molecule has 0 aliphatic carbocycles. The van der Waals surface area contributed by atoms with E-state index in [4.69, 9.17) is 9.47 Å². The normalized spacial score (nSPS) is 12.3. The molecule has 0 saturated carbocycles. The second-order valence-corrected chi connectivity index (χ2v) is 5.09. The van der Waals surface area contributed by atoms with Crippen molar-refractivity contribution in [1.82, 2.24) is 5.32 Å². The smallest absolute Gasteiger partial charge is 0.313 e. The maximum Gasteiger partial charge on any atom is 0.313 e. The lowest BCUT2D eigenvalue weighted by atomic mass is 10.2. The molecule has 0 fully saturated rings. The van der Waals surface area contributed by atoms with E-state index in [0.717, 1.165) is 13.0 Å². The standard InChI is InChI=1S/C14H19N3O4/c1-17(2)7-3-6-15-13(18)14(19)16-10-4-5-11-12(8-10)21-9-20-11/h4-5,8H,3,6-7,9H2,1-2H3,(H,15,18)(H,16,19)/p+1. The van der Waals surface area contributed by atoms with E-state index in [0.29, 0.717) is 23.7 Å². The number of ether oxygens (including phenoxy) is 2. The lowest BCUT2D eigenvalue weighted by Gasteiger charge is -2.08. The summed E-state index contributed by atoms with van der Waals surface area (Å²) < 4.78 is 10.4. The van der Waals surface area contributed by atoms with Gasteiger partial charge < -0.3 is 25.0 Å². The maximum atomic E-state index is 11.7. The molecule has 0 bridgehead atoms.